The Morgan fingerprint density at radius 3 is 3.00 bits per heavy atom. The van der Waals surface area contributed by atoms with Crippen LogP contribution in [0.15, 0.2) is 24.5 Å². The molecule has 15 heavy (non-hydrogen) atoms. The van der Waals surface area contributed by atoms with E-state index in [4.69, 9.17) is 5.73 Å². The van der Waals surface area contributed by atoms with Crippen LogP contribution in [0, 0.1) is 0 Å². The van der Waals surface area contributed by atoms with Crippen LogP contribution in [0.4, 0.5) is 0 Å². The fourth-order valence-corrected chi connectivity index (χ4v) is 1.62. The number of rotatable bonds is 4. The summed E-state index contributed by atoms with van der Waals surface area (Å²) in [7, 11) is 1.87. The molecule has 0 aliphatic carbocycles. The van der Waals surface area contributed by atoms with E-state index in [1.54, 1.807) is 4.68 Å². The van der Waals surface area contributed by atoms with Crippen molar-refractivity contribution in [2.75, 3.05) is 6.54 Å². The molecule has 2 heterocycles. The van der Waals surface area contributed by atoms with Crippen molar-refractivity contribution in [3.8, 4) is 0 Å². The lowest BCUT2D eigenvalue weighted by Crippen LogP contribution is -2.09. The minimum absolute atomic E-state index is 0.671. The average molecular weight is 205 g/mol. The first-order valence-electron chi connectivity index (χ1n) is 4.99. The second-order valence-corrected chi connectivity index (χ2v) is 3.55. The lowest BCUT2D eigenvalue weighted by molar-refractivity contribution is 0.701. The molecule has 0 saturated heterocycles. The summed E-state index contributed by atoms with van der Waals surface area (Å²) >= 11 is 0. The van der Waals surface area contributed by atoms with Gasteiger partial charge in [0.05, 0.1) is 6.54 Å². The Bertz CT molecular complexity index is 428. The summed E-state index contributed by atoms with van der Waals surface area (Å²) in [6.45, 7) is 1.43. The molecule has 0 aliphatic rings. The van der Waals surface area contributed by atoms with Gasteiger partial charge in [0.1, 0.15) is 5.69 Å². The summed E-state index contributed by atoms with van der Waals surface area (Å²) in [5, 5.41) is 7.95. The van der Waals surface area contributed by atoms with Crippen LogP contribution >= 0.6 is 0 Å². The summed E-state index contributed by atoms with van der Waals surface area (Å²) in [6.07, 6.45) is 4.86. The highest BCUT2D eigenvalue weighted by Gasteiger charge is 2.03. The molecule has 0 radical (unpaired) electrons. The van der Waals surface area contributed by atoms with Crippen molar-refractivity contribution in [3.05, 3.63) is 35.9 Å². The molecule has 0 unspecified atom stereocenters. The molecule has 0 bridgehead atoms. The first-order valence-corrected chi connectivity index (χ1v) is 4.99. The van der Waals surface area contributed by atoms with Gasteiger partial charge >= 0.3 is 0 Å². The molecule has 0 fully saturated rings. The number of aryl methyl sites for hydroxylation is 1. The Labute approximate surface area is 88.5 Å². The highest BCUT2D eigenvalue weighted by Crippen LogP contribution is 2.05. The standard InChI is InChI=1S/C10H15N5/c1-14-7-9(12-13-14)8-15-6-2-3-10(15)4-5-11/h2-3,6-7H,4-5,8,11H2,1H3. The van der Waals surface area contributed by atoms with Crippen LogP contribution < -0.4 is 5.73 Å². The first-order chi connectivity index (χ1) is 7.29. The van der Waals surface area contributed by atoms with Crippen LogP contribution in [0.25, 0.3) is 0 Å². The van der Waals surface area contributed by atoms with Crippen molar-refractivity contribution in [1.29, 1.82) is 0 Å². The van der Waals surface area contributed by atoms with Gasteiger partial charge in [-0.25, -0.2) is 0 Å². The van der Waals surface area contributed by atoms with E-state index in [9.17, 15) is 0 Å². The Morgan fingerprint density at radius 2 is 2.33 bits per heavy atom. The molecular formula is C10H15N5. The van der Waals surface area contributed by atoms with E-state index in [0.717, 1.165) is 18.7 Å². The normalized spacial score (nSPS) is 10.8. The summed E-state index contributed by atoms with van der Waals surface area (Å²) in [6, 6.07) is 4.12. The second kappa shape index (κ2) is 4.27. The van der Waals surface area contributed by atoms with Gasteiger partial charge in [-0.15, -0.1) is 5.10 Å². The van der Waals surface area contributed by atoms with E-state index in [1.165, 1.54) is 5.69 Å². The van der Waals surface area contributed by atoms with E-state index >= 15 is 0 Å². The van der Waals surface area contributed by atoms with Crippen molar-refractivity contribution in [2.45, 2.75) is 13.0 Å². The maximum atomic E-state index is 5.54. The maximum absolute atomic E-state index is 5.54. The highest BCUT2D eigenvalue weighted by molar-refractivity contribution is 5.10. The van der Waals surface area contributed by atoms with Crippen LogP contribution in [0.1, 0.15) is 11.4 Å². The van der Waals surface area contributed by atoms with Crippen molar-refractivity contribution < 1.29 is 0 Å². The van der Waals surface area contributed by atoms with Crippen molar-refractivity contribution in [3.63, 3.8) is 0 Å². The first kappa shape index (κ1) is 9.92. The molecule has 2 aromatic rings. The molecule has 0 aliphatic heterocycles. The minimum Gasteiger partial charge on any atom is -0.345 e. The third-order valence-corrected chi connectivity index (χ3v) is 2.31. The molecule has 5 nitrogen and oxygen atoms in total. The van der Waals surface area contributed by atoms with Crippen molar-refractivity contribution >= 4 is 0 Å². The molecule has 0 amide bonds. The van der Waals surface area contributed by atoms with Crippen LogP contribution in [0.2, 0.25) is 0 Å². The van der Waals surface area contributed by atoms with Crippen LogP contribution in [0.5, 0.6) is 0 Å². The van der Waals surface area contributed by atoms with E-state index < -0.39 is 0 Å². The molecule has 2 N–H and O–H groups in total. The van der Waals surface area contributed by atoms with Gasteiger partial charge in [-0.2, -0.15) is 0 Å². The van der Waals surface area contributed by atoms with Gasteiger partial charge in [0.15, 0.2) is 0 Å². The molecule has 0 spiro atoms. The predicted molar refractivity (Wildman–Crippen MR) is 57.3 cm³/mol. The lowest BCUT2D eigenvalue weighted by atomic mass is 10.3. The smallest absolute Gasteiger partial charge is 0.102 e. The average Bonchev–Trinajstić information content (AvgIpc) is 2.78. The minimum atomic E-state index is 0.671. The Balaban J connectivity index is 2.13. The SMILES string of the molecule is Cn1cc(Cn2cccc2CCN)nn1. The maximum Gasteiger partial charge on any atom is 0.102 e. The monoisotopic (exact) mass is 205 g/mol. The zero-order chi connectivity index (χ0) is 10.7. The molecular weight excluding hydrogens is 190 g/mol. The van der Waals surface area contributed by atoms with Gasteiger partial charge in [0.25, 0.3) is 0 Å². The van der Waals surface area contributed by atoms with Gasteiger partial charge in [-0.1, -0.05) is 5.21 Å². The van der Waals surface area contributed by atoms with Gasteiger partial charge in [0.2, 0.25) is 0 Å². The largest absolute Gasteiger partial charge is 0.345 e. The van der Waals surface area contributed by atoms with Crippen molar-refractivity contribution in [1.82, 2.24) is 19.6 Å². The van der Waals surface area contributed by atoms with Crippen LogP contribution in [-0.2, 0) is 20.0 Å². The Kier molecular flexibility index (Phi) is 2.82. The van der Waals surface area contributed by atoms with Gasteiger partial charge in [0, 0.05) is 25.1 Å². The van der Waals surface area contributed by atoms with Gasteiger partial charge in [-0.05, 0) is 25.1 Å². The Morgan fingerprint density at radius 1 is 1.47 bits per heavy atom. The van der Waals surface area contributed by atoms with E-state index in [-0.39, 0.29) is 0 Å². The summed E-state index contributed by atoms with van der Waals surface area (Å²) in [5.41, 5.74) is 7.74. The summed E-state index contributed by atoms with van der Waals surface area (Å²) in [4.78, 5) is 0. The molecule has 2 aromatic heterocycles. The third-order valence-electron chi connectivity index (χ3n) is 2.31. The van der Waals surface area contributed by atoms with Crippen LogP contribution in [-0.4, -0.2) is 26.1 Å². The molecule has 2 rings (SSSR count). The number of aromatic nitrogens is 4. The lowest BCUT2D eigenvalue weighted by Gasteiger charge is -2.05. The second-order valence-electron chi connectivity index (χ2n) is 3.55. The predicted octanol–water partition coefficient (Wildman–Crippen LogP) is 0.166. The topological polar surface area (TPSA) is 61.7 Å². The zero-order valence-corrected chi connectivity index (χ0v) is 8.80. The third kappa shape index (κ3) is 2.24. The summed E-state index contributed by atoms with van der Waals surface area (Å²) < 4.78 is 3.86. The fourth-order valence-electron chi connectivity index (χ4n) is 1.62. The van der Waals surface area contributed by atoms with E-state index in [0.29, 0.717) is 6.54 Å². The number of nitrogens with zero attached hydrogens (tertiary/aromatic N) is 4. The van der Waals surface area contributed by atoms with Gasteiger partial charge in [-0.3, -0.25) is 4.68 Å². The molecule has 0 atom stereocenters. The number of nitrogens with two attached hydrogens (primary N) is 1. The summed E-state index contributed by atoms with van der Waals surface area (Å²) in [5.74, 6) is 0. The van der Waals surface area contributed by atoms with Crippen molar-refractivity contribution in [2.24, 2.45) is 12.8 Å². The number of hydrogen-bond donors (Lipinski definition) is 1. The van der Waals surface area contributed by atoms with Crippen LogP contribution in [0.3, 0.4) is 0 Å². The van der Waals surface area contributed by atoms with Gasteiger partial charge < -0.3 is 10.3 Å². The zero-order valence-electron chi connectivity index (χ0n) is 8.80. The molecule has 80 valence electrons. The molecule has 5 heteroatoms. The Hall–Kier alpha value is -1.62. The van der Waals surface area contributed by atoms with E-state index in [2.05, 4.69) is 20.9 Å². The van der Waals surface area contributed by atoms with E-state index in [1.807, 2.05) is 25.5 Å². The molecule has 0 saturated carbocycles. The molecule has 0 aromatic carbocycles. The number of hydrogen-bond acceptors (Lipinski definition) is 3. The quantitative estimate of drug-likeness (QED) is 0.773. The fraction of sp³-hybridized carbons (Fsp3) is 0.400. The highest BCUT2D eigenvalue weighted by atomic mass is 15.4.